The molecule has 2 rings (SSSR count). The van der Waals surface area contributed by atoms with Crippen LogP contribution in [0, 0.1) is 6.92 Å². The zero-order chi connectivity index (χ0) is 15.4. The zero-order valence-electron chi connectivity index (χ0n) is 12.4. The van der Waals surface area contributed by atoms with E-state index in [9.17, 15) is 4.79 Å². The van der Waals surface area contributed by atoms with E-state index in [0.717, 1.165) is 16.9 Å². The van der Waals surface area contributed by atoms with E-state index in [2.05, 4.69) is 10.3 Å². The molecule has 0 unspecified atom stereocenters. The molecule has 21 heavy (non-hydrogen) atoms. The summed E-state index contributed by atoms with van der Waals surface area (Å²) in [5.41, 5.74) is 3.26. The highest BCUT2D eigenvalue weighted by Gasteiger charge is 2.16. The molecule has 110 valence electrons. The van der Waals surface area contributed by atoms with Gasteiger partial charge in [-0.1, -0.05) is 23.7 Å². The SMILES string of the molecule is CNc1cc(C)ncc1C(=O)N(C)Cc1ccc(Cl)cc1. The molecule has 0 atom stereocenters. The number of pyridine rings is 1. The summed E-state index contributed by atoms with van der Waals surface area (Å²) in [4.78, 5) is 18.4. The van der Waals surface area contributed by atoms with E-state index in [0.29, 0.717) is 17.1 Å². The second-order valence-corrected chi connectivity index (χ2v) is 5.35. The molecule has 1 aromatic heterocycles. The molecule has 1 amide bonds. The van der Waals surface area contributed by atoms with Crippen molar-refractivity contribution < 1.29 is 4.79 Å². The molecule has 0 aliphatic carbocycles. The van der Waals surface area contributed by atoms with Crippen molar-refractivity contribution in [3.05, 3.63) is 58.4 Å². The summed E-state index contributed by atoms with van der Waals surface area (Å²) in [5, 5.41) is 3.73. The number of nitrogens with one attached hydrogen (secondary N) is 1. The van der Waals surface area contributed by atoms with Crippen LogP contribution in [0.4, 0.5) is 5.69 Å². The summed E-state index contributed by atoms with van der Waals surface area (Å²) < 4.78 is 0. The van der Waals surface area contributed by atoms with E-state index in [1.54, 1.807) is 25.2 Å². The van der Waals surface area contributed by atoms with Crippen molar-refractivity contribution in [2.75, 3.05) is 19.4 Å². The number of anilines is 1. The first-order chi connectivity index (χ1) is 10.0. The summed E-state index contributed by atoms with van der Waals surface area (Å²) in [6.45, 7) is 2.42. The van der Waals surface area contributed by atoms with Crippen LogP contribution in [0.25, 0.3) is 0 Å². The standard InChI is InChI=1S/C16H18ClN3O/c1-11-8-15(18-2)14(9-19-11)16(21)20(3)10-12-4-6-13(17)7-5-12/h4-9H,10H2,1-3H3,(H,18,19). The monoisotopic (exact) mass is 303 g/mol. The van der Waals surface area contributed by atoms with Crippen molar-refractivity contribution in [1.29, 1.82) is 0 Å². The maximum Gasteiger partial charge on any atom is 0.257 e. The molecule has 0 saturated heterocycles. The van der Waals surface area contributed by atoms with Gasteiger partial charge in [-0.05, 0) is 30.7 Å². The Labute approximate surface area is 129 Å². The first kappa shape index (κ1) is 15.3. The second kappa shape index (κ2) is 6.59. The average Bonchev–Trinajstić information content (AvgIpc) is 2.48. The Bertz CT molecular complexity index is 640. The zero-order valence-corrected chi connectivity index (χ0v) is 13.1. The number of hydrogen-bond acceptors (Lipinski definition) is 3. The molecule has 0 aliphatic rings. The highest BCUT2D eigenvalue weighted by molar-refractivity contribution is 6.30. The minimum absolute atomic E-state index is 0.0678. The first-order valence-electron chi connectivity index (χ1n) is 6.65. The largest absolute Gasteiger partial charge is 0.387 e. The molecule has 1 heterocycles. The van der Waals surface area contributed by atoms with Crippen molar-refractivity contribution >= 4 is 23.2 Å². The van der Waals surface area contributed by atoms with Gasteiger partial charge in [-0.3, -0.25) is 9.78 Å². The summed E-state index contributed by atoms with van der Waals surface area (Å²) >= 11 is 5.86. The predicted octanol–water partition coefficient (Wildman–Crippen LogP) is 3.36. The van der Waals surface area contributed by atoms with Crippen LogP contribution in [0.1, 0.15) is 21.6 Å². The number of amides is 1. The van der Waals surface area contributed by atoms with Gasteiger partial charge in [0.2, 0.25) is 0 Å². The predicted molar refractivity (Wildman–Crippen MR) is 85.8 cm³/mol. The Morgan fingerprint density at radius 3 is 2.62 bits per heavy atom. The topological polar surface area (TPSA) is 45.2 Å². The lowest BCUT2D eigenvalue weighted by molar-refractivity contribution is 0.0785. The lowest BCUT2D eigenvalue weighted by Crippen LogP contribution is -2.27. The molecule has 4 nitrogen and oxygen atoms in total. The van der Waals surface area contributed by atoms with Crippen LogP contribution in [-0.2, 0) is 6.54 Å². The molecule has 0 saturated carbocycles. The van der Waals surface area contributed by atoms with Crippen LogP contribution < -0.4 is 5.32 Å². The Morgan fingerprint density at radius 2 is 2.00 bits per heavy atom. The van der Waals surface area contributed by atoms with Crippen LogP contribution in [0.5, 0.6) is 0 Å². The van der Waals surface area contributed by atoms with E-state index in [4.69, 9.17) is 11.6 Å². The van der Waals surface area contributed by atoms with Crippen molar-refractivity contribution in [3.63, 3.8) is 0 Å². The number of carbonyl (C=O) groups is 1. The van der Waals surface area contributed by atoms with Gasteiger partial charge >= 0.3 is 0 Å². The van der Waals surface area contributed by atoms with Gasteiger partial charge in [-0.25, -0.2) is 0 Å². The molecule has 0 spiro atoms. The summed E-state index contributed by atoms with van der Waals surface area (Å²) in [6.07, 6.45) is 1.61. The van der Waals surface area contributed by atoms with Crippen molar-refractivity contribution in [2.45, 2.75) is 13.5 Å². The smallest absolute Gasteiger partial charge is 0.257 e. The van der Waals surface area contributed by atoms with Gasteiger partial charge in [0.1, 0.15) is 0 Å². The van der Waals surface area contributed by atoms with Crippen molar-refractivity contribution in [1.82, 2.24) is 9.88 Å². The quantitative estimate of drug-likeness (QED) is 0.942. The third-order valence-corrected chi connectivity index (χ3v) is 3.47. The fourth-order valence-electron chi connectivity index (χ4n) is 2.08. The van der Waals surface area contributed by atoms with Crippen LogP contribution in [-0.4, -0.2) is 29.9 Å². The van der Waals surface area contributed by atoms with E-state index in [1.807, 2.05) is 37.3 Å². The summed E-state index contributed by atoms with van der Waals surface area (Å²) in [6, 6.07) is 9.34. The van der Waals surface area contributed by atoms with Crippen LogP contribution in [0.15, 0.2) is 36.5 Å². The maximum absolute atomic E-state index is 12.5. The number of rotatable bonds is 4. The number of halogens is 1. The maximum atomic E-state index is 12.5. The fourth-order valence-corrected chi connectivity index (χ4v) is 2.20. The van der Waals surface area contributed by atoms with Gasteiger partial charge in [0, 0.05) is 37.6 Å². The highest BCUT2D eigenvalue weighted by Crippen LogP contribution is 2.18. The van der Waals surface area contributed by atoms with E-state index >= 15 is 0 Å². The first-order valence-corrected chi connectivity index (χ1v) is 7.03. The Balaban J connectivity index is 2.17. The summed E-state index contributed by atoms with van der Waals surface area (Å²) in [5.74, 6) is -0.0678. The van der Waals surface area contributed by atoms with Gasteiger partial charge in [0.05, 0.1) is 11.3 Å². The second-order valence-electron chi connectivity index (χ2n) is 4.91. The van der Waals surface area contributed by atoms with E-state index in [1.165, 1.54) is 0 Å². The molecule has 0 radical (unpaired) electrons. The molecule has 0 bridgehead atoms. The third-order valence-electron chi connectivity index (χ3n) is 3.22. The Kier molecular flexibility index (Phi) is 4.81. The minimum atomic E-state index is -0.0678. The van der Waals surface area contributed by atoms with Crippen molar-refractivity contribution in [2.24, 2.45) is 0 Å². The molecule has 0 fully saturated rings. The number of aryl methyl sites for hydroxylation is 1. The third kappa shape index (κ3) is 3.73. The molecule has 0 aliphatic heterocycles. The lowest BCUT2D eigenvalue weighted by atomic mass is 10.1. The van der Waals surface area contributed by atoms with Gasteiger partial charge in [0.15, 0.2) is 0 Å². The number of carbonyl (C=O) groups excluding carboxylic acids is 1. The van der Waals surface area contributed by atoms with E-state index in [-0.39, 0.29) is 5.91 Å². The minimum Gasteiger partial charge on any atom is -0.387 e. The highest BCUT2D eigenvalue weighted by atomic mass is 35.5. The Morgan fingerprint density at radius 1 is 1.33 bits per heavy atom. The summed E-state index contributed by atoms with van der Waals surface area (Å²) in [7, 11) is 3.57. The number of hydrogen-bond donors (Lipinski definition) is 1. The molecule has 5 heteroatoms. The number of benzene rings is 1. The van der Waals surface area contributed by atoms with Gasteiger partial charge in [-0.2, -0.15) is 0 Å². The van der Waals surface area contributed by atoms with Crippen LogP contribution in [0.3, 0.4) is 0 Å². The van der Waals surface area contributed by atoms with Gasteiger partial charge in [0.25, 0.3) is 5.91 Å². The molecule has 1 N–H and O–H groups in total. The lowest BCUT2D eigenvalue weighted by Gasteiger charge is -2.19. The normalized spacial score (nSPS) is 10.3. The average molecular weight is 304 g/mol. The molecule has 1 aromatic carbocycles. The Hall–Kier alpha value is -2.07. The van der Waals surface area contributed by atoms with E-state index < -0.39 is 0 Å². The molecule has 2 aromatic rings. The van der Waals surface area contributed by atoms with Crippen molar-refractivity contribution in [3.8, 4) is 0 Å². The van der Waals surface area contributed by atoms with Crippen LogP contribution in [0.2, 0.25) is 5.02 Å². The fraction of sp³-hybridized carbons (Fsp3) is 0.250. The van der Waals surface area contributed by atoms with Gasteiger partial charge in [-0.15, -0.1) is 0 Å². The number of aromatic nitrogens is 1. The molecular weight excluding hydrogens is 286 g/mol. The number of nitrogens with zero attached hydrogens (tertiary/aromatic N) is 2. The van der Waals surface area contributed by atoms with Gasteiger partial charge < -0.3 is 10.2 Å². The molecular formula is C16H18ClN3O. The van der Waals surface area contributed by atoms with Crippen LogP contribution >= 0.6 is 11.6 Å².